The van der Waals surface area contributed by atoms with Gasteiger partial charge in [0.15, 0.2) is 18.1 Å². The van der Waals surface area contributed by atoms with Gasteiger partial charge in [-0.3, -0.25) is 4.79 Å². The molecule has 2 aromatic rings. The topological polar surface area (TPSA) is 94.1 Å². The number of hydrogen-bond donors (Lipinski definition) is 2. The zero-order valence-corrected chi connectivity index (χ0v) is 15.1. The Kier molecular flexibility index (Phi) is 6.06. The van der Waals surface area contributed by atoms with Gasteiger partial charge in [0, 0.05) is 12.1 Å². The normalized spacial score (nSPS) is 10.2. The Balaban J connectivity index is 2.19. The number of amides is 1. The van der Waals surface area contributed by atoms with Crippen LogP contribution in [0.2, 0.25) is 0 Å². The molecule has 0 saturated heterocycles. The van der Waals surface area contributed by atoms with Crippen LogP contribution in [-0.4, -0.2) is 37.8 Å². The van der Waals surface area contributed by atoms with E-state index in [-0.39, 0.29) is 23.6 Å². The minimum absolute atomic E-state index is 0.102. The van der Waals surface area contributed by atoms with Crippen LogP contribution >= 0.6 is 0 Å². The van der Waals surface area contributed by atoms with E-state index in [1.165, 1.54) is 26.4 Å². The smallest absolute Gasteiger partial charge is 0.337 e. The van der Waals surface area contributed by atoms with Gasteiger partial charge in [-0.2, -0.15) is 0 Å². The number of carbonyl (C=O) groups is 2. The Morgan fingerprint density at radius 1 is 1.04 bits per heavy atom. The molecule has 138 valence electrons. The van der Waals surface area contributed by atoms with Gasteiger partial charge in [-0.05, 0) is 25.0 Å². The first-order valence-electron chi connectivity index (χ1n) is 7.85. The lowest BCUT2D eigenvalue weighted by Gasteiger charge is -2.15. The number of nitrogens with one attached hydrogen (secondary N) is 1. The van der Waals surface area contributed by atoms with E-state index in [1.807, 2.05) is 32.0 Å². The highest BCUT2D eigenvalue weighted by molar-refractivity contribution is 6.01. The van der Waals surface area contributed by atoms with E-state index < -0.39 is 11.9 Å². The third kappa shape index (κ3) is 4.24. The number of benzene rings is 2. The molecule has 0 bridgehead atoms. The van der Waals surface area contributed by atoms with Gasteiger partial charge in [0.25, 0.3) is 5.91 Å². The van der Waals surface area contributed by atoms with Gasteiger partial charge >= 0.3 is 5.97 Å². The van der Waals surface area contributed by atoms with Crippen molar-refractivity contribution in [3.63, 3.8) is 0 Å². The average molecular weight is 359 g/mol. The molecule has 0 aliphatic carbocycles. The van der Waals surface area contributed by atoms with Crippen molar-refractivity contribution in [3.05, 3.63) is 47.0 Å². The highest BCUT2D eigenvalue weighted by atomic mass is 16.5. The summed E-state index contributed by atoms with van der Waals surface area (Å²) in [6.45, 7) is 3.52. The van der Waals surface area contributed by atoms with Crippen molar-refractivity contribution in [3.8, 4) is 17.2 Å². The van der Waals surface area contributed by atoms with Gasteiger partial charge in [-0.15, -0.1) is 0 Å². The molecule has 0 aromatic heterocycles. The maximum absolute atomic E-state index is 12.2. The SMILES string of the molecule is COc1cc(NC(=O)COc2c(C)cccc2C)c(C(=O)O)cc1OC. The van der Waals surface area contributed by atoms with E-state index in [0.29, 0.717) is 11.5 Å². The molecule has 7 nitrogen and oxygen atoms in total. The Labute approximate surface area is 151 Å². The van der Waals surface area contributed by atoms with Crippen molar-refractivity contribution in [2.24, 2.45) is 0 Å². The fraction of sp³-hybridized carbons (Fsp3) is 0.263. The molecule has 0 saturated carbocycles. The second-order valence-corrected chi connectivity index (χ2v) is 5.62. The molecule has 1 amide bonds. The fourth-order valence-corrected chi connectivity index (χ4v) is 2.51. The minimum Gasteiger partial charge on any atom is -0.493 e. The molecule has 7 heteroatoms. The Morgan fingerprint density at radius 2 is 1.62 bits per heavy atom. The van der Waals surface area contributed by atoms with Crippen LogP contribution in [0.15, 0.2) is 30.3 Å². The first-order valence-corrected chi connectivity index (χ1v) is 7.85. The summed E-state index contributed by atoms with van der Waals surface area (Å²) in [5.41, 5.74) is 1.82. The number of methoxy groups -OCH3 is 2. The summed E-state index contributed by atoms with van der Waals surface area (Å²) in [6, 6.07) is 8.37. The molecule has 2 rings (SSSR count). The lowest BCUT2D eigenvalue weighted by atomic mass is 10.1. The maximum Gasteiger partial charge on any atom is 0.337 e. The third-order valence-corrected chi connectivity index (χ3v) is 3.78. The van der Waals surface area contributed by atoms with Crippen LogP contribution < -0.4 is 19.5 Å². The number of ether oxygens (including phenoxy) is 3. The Morgan fingerprint density at radius 3 is 2.15 bits per heavy atom. The van der Waals surface area contributed by atoms with Gasteiger partial charge in [-0.25, -0.2) is 4.79 Å². The molecule has 2 N–H and O–H groups in total. The largest absolute Gasteiger partial charge is 0.493 e. The van der Waals surface area contributed by atoms with E-state index in [1.54, 1.807) is 0 Å². The number of anilines is 1. The van der Waals surface area contributed by atoms with Crippen molar-refractivity contribution >= 4 is 17.6 Å². The van der Waals surface area contributed by atoms with Crippen molar-refractivity contribution in [1.82, 2.24) is 0 Å². The molecule has 0 spiro atoms. The lowest BCUT2D eigenvalue weighted by molar-refractivity contribution is -0.118. The van der Waals surface area contributed by atoms with Gasteiger partial charge in [0.05, 0.1) is 25.5 Å². The molecular weight excluding hydrogens is 338 g/mol. The van der Waals surface area contributed by atoms with Crippen molar-refractivity contribution < 1.29 is 28.9 Å². The third-order valence-electron chi connectivity index (χ3n) is 3.78. The molecule has 0 atom stereocenters. The summed E-state index contributed by atoms with van der Waals surface area (Å²) in [5.74, 6) is -0.481. The van der Waals surface area contributed by atoms with Crippen LogP contribution in [0, 0.1) is 13.8 Å². The van der Waals surface area contributed by atoms with Crippen LogP contribution in [-0.2, 0) is 4.79 Å². The second-order valence-electron chi connectivity index (χ2n) is 5.62. The molecule has 0 aliphatic heterocycles. The molecule has 0 radical (unpaired) electrons. The van der Waals surface area contributed by atoms with E-state index in [4.69, 9.17) is 14.2 Å². The van der Waals surface area contributed by atoms with Crippen LogP contribution in [0.4, 0.5) is 5.69 Å². The molecular formula is C19H21NO6. The summed E-state index contributed by atoms with van der Waals surface area (Å²) in [4.78, 5) is 23.7. The summed E-state index contributed by atoms with van der Waals surface area (Å²) < 4.78 is 15.8. The number of rotatable bonds is 7. The fourth-order valence-electron chi connectivity index (χ4n) is 2.51. The van der Waals surface area contributed by atoms with Crippen molar-refractivity contribution in [2.45, 2.75) is 13.8 Å². The predicted molar refractivity (Wildman–Crippen MR) is 96.5 cm³/mol. The molecule has 26 heavy (non-hydrogen) atoms. The lowest BCUT2D eigenvalue weighted by Crippen LogP contribution is -2.22. The monoisotopic (exact) mass is 359 g/mol. The summed E-state index contributed by atoms with van der Waals surface area (Å²) in [5, 5.41) is 11.9. The van der Waals surface area contributed by atoms with Crippen LogP contribution in [0.25, 0.3) is 0 Å². The predicted octanol–water partition coefficient (Wildman–Crippen LogP) is 3.04. The number of carbonyl (C=O) groups excluding carboxylic acids is 1. The van der Waals surface area contributed by atoms with Gasteiger partial charge in [-0.1, -0.05) is 18.2 Å². The highest BCUT2D eigenvalue weighted by Gasteiger charge is 2.18. The average Bonchev–Trinajstić information content (AvgIpc) is 2.60. The number of para-hydroxylation sites is 1. The second kappa shape index (κ2) is 8.24. The van der Waals surface area contributed by atoms with E-state index >= 15 is 0 Å². The molecule has 0 unspecified atom stereocenters. The van der Waals surface area contributed by atoms with Crippen LogP contribution in [0.1, 0.15) is 21.5 Å². The van der Waals surface area contributed by atoms with E-state index in [2.05, 4.69) is 5.32 Å². The highest BCUT2D eigenvalue weighted by Crippen LogP contribution is 2.33. The molecule has 2 aromatic carbocycles. The zero-order valence-electron chi connectivity index (χ0n) is 15.1. The number of aromatic carboxylic acids is 1. The number of carboxylic acid groups (broad SMARTS) is 1. The molecule has 0 aliphatic rings. The number of aryl methyl sites for hydroxylation is 2. The first kappa shape index (κ1) is 19.1. The van der Waals surface area contributed by atoms with Gasteiger partial charge < -0.3 is 24.6 Å². The zero-order chi connectivity index (χ0) is 19.3. The Bertz CT molecular complexity index is 811. The van der Waals surface area contributed by atoms with Gasteiger partial charge in [0.1, 0.15) is 5.75 Å². The quantitative estimate of drug-likeness (QED) is 0.789. The standard InChI is InChI=1S/C19H21NO6/c1-11-6-5-7-12(2)18(11)26-10-17(21)20-14-9-16(25-4)15(24-3)8-13(14)19(22)23/h5-9H,10H2,1-4H3,(H,20,21)(H,22,23). The number of carboxylic acids is 1. The number of hydrogen-bond acceptors (Lipinski definition) is 5. The minimum atomic E-state index is -1.20. The summed E-state index contributed by atoms with van der Waals surface area (Å²) in [6.07, 6.45) is 0. The maximum atomic E-state index is 12.2. The van der Waals surface area contributed by atoms with Crippen LogP contribution in [0.3, 0.4) is 0 Å². The van der Waals surface area contributed by atoms with Gasteiger partial charge in [0.2, 0.25) is 0 Å². The summed E-state index contributed by atoms with van der Waals surface area (Å²) in [7, 11) is 2.83. The van der Waals surface area contributed by atoms with E-state index in [0.717, 1.165) is 11.1 Å². The van der Waals surface area contributed by atoms with Crippen molar-refractivity contribution in [2.75, 3.05) is 26.1 Å². The van der Waals surface area contributed by atoms with Crippen molar-refractivity contribution in [1.29, 1.82) is 0 Å². The summed E-state index contributed by atoms with van der Waals surface area (Å²) >= 11 is 0. The molecule has 0 fully saturated rings. The Hall–Kier alpha value is -3.22. The first-order chi connectivity index (χ1) is 12.4. The molecule has 0 heterocycles. The van der Waals surface area contributed by atoms with Crippen LogP contribution in [0.5, 0.6) is 17.2 Å². The van der Waals surface area contributed by atoms with E-state index in [9.17, 15) is 14.7 Å².